The summed E-state index contributed by atoms with van der Waals surface area (Å²) in [5, 5.41) is 4.02. The number of nitrogen functional groups attached to an aromatic ring is 1. The Bertz CT molecular complexity index is 1620. The standard InChI is InChI=1S/C23H14Cl2N4O4S/c1-32-13-5-3-12(4-6-13)29-19(23(31)33-28-29)20(30)21-18(26)15-8-9-17(27-22(15)34-21)14-7-2-11(24)10-16(14)25/h2-10H,1H3,(H2-,26,28,30,31)/p+1. The Labute approximate surface area is 206 Å². The number of aromatic amines is 1. The number of aromatic nitrogens is 3. The zero-order valence-corrected chi connectivity index (χ0v) is 19.8. The molecule has 0 saturated carbocycles. The number of thiophene rings is 1. The van der Waals surface area contributed by atoms with Crippen molar-refractivity contribution in [3.05, 3.63) is 85.6 Å². The third-order valence-electron chi connectivity index (χ3n) is 5.20. The van der Waals surface area contributed by atoms with Crippen LogP contribution in [0.25, 0.3) is 27.2 Å². The maximum Gasteiger partial charge on any atom is 0.439 e. The van der Waals surface area contributed by atoms with E-state index in [9.17, 15) is 9.59 Å². The van der Waals surface area contributed by atoms with Gasteiger partial charge in [-0.3, -0.25) is 9.32 Å². The smallest absolute Gasteiger partial charge is 0.439 e. The number of carbonyl (C=O) groups excluding carboxylic acids is 1. The Kier molecular flexibility index (Phi) is 5.60. The van der Waals surface area contributed by atoms with E-state index < -0.39 is 11.4 Å². The zero-order chi connectivity index (χ0) is 24.0. The average molecular weight is 514 g/mol. The number of hydrogen-bond donors (Lipinski definition) is 2. The Hall–Kier alpha value is -3.66. The van der Waals surface area contributed by atoms with Gasteiger partial charge in [-0.15, -0.1) is 11.3 Å². The van der Waals surface area contributed by atoms with Crippen molar-refractivity contribution in [3.63, 3.8) is 0 Å². The molecule has 0 fully saturated rings. The van der Waals surface area contributed by atoms with Crippen LogP contribution in [0.15, 0.2) is 63.9 Å². The molecule has 0 atom stereocenters. The zero-order valence-electron chi connectivity index (χ0n) is 17.5. The van der Waals surface area contributed by atoms with E-state index in [0.717, 1.165) is 11.3 Å². The monoisotopic (exact) mass is 513 g/mol. The van der Waals surface area contributed by atoms with Crippen molar-refractivity contribution in [1.29, 1.82) is 0 Å². The second kappa shape index (κ2) is 8.60. The number of pyridine rings is 1. The first kappa shape index (κ1) is 22.1. The molecule has 2 aromatic carbocycles. The molecule has 3 N–H and O–H groups in total. The number of benzene rings is 2. The lowest BCUT2D eigenvalue weighted by atomic mass is 10.1. The summed E-state index contributed by atoms with van der Waals surface area (Å²) in [6, 6.07) is 15.4. The summed E-state index contributed by atoms with van der Waals surface area (Å²) in [5.41, 5.74) is 7.29. The maximum absolute atomic E-state index is 13.4. The second-order valence-corrected chi connectivity index (χ2v) is 9.05. The van der Waals surface area contributed by atoms with Crippen LogP contribution >= 0.6 is 34.5 Å². The number of ketones is 1. The third kappa shape index (κ3) is 3.73. The lowest BCUT2D eigenvalue weighted by molar-refractivity contribution is -0.672. The summed E-state index contributed by atoms with van der Waals surface area (Å²) >= 11 is 13.4. The Morgan fingerprint density at radius 1 is 1.15 bits per heavy atom. The largest absolute Gasteiger partial charge is 0.497 e. The number of halogens is 2. The van der Waals surface area contributed by atoms with E-state index in [0.29, 0.717) is 43.0 Å². The molecule has 0 saturated heterocycles. The van der Waals surface area contributed by atoms with E-state index in [1.165, 1.54) is 4.68 Å². The van der Waals surface area contributed by atoms with Gasteiger partial charge in [-0.05, 0) is 52.4 Å². The highest BCUT2D eigenvalue weighted by atomic mass is 35.5. The summed E-state index contributed by atoms with van der Waals surface area (Å²) in [6.07, 6.45) is 0. The fourth-order valence-corrected chi connectivity index (χ4v) is 5.04. The maximum atomic E-state index is 13.4. The summed E-state index contributed by atoms with van der Waals surface area (Å²) in [5.74, 6) is 0.0388. The van der Waals surface area contributed by atoms with Crippen molar-refractivity contribution in [2.24, 2.45) is 0 Å². The van der Waals surface area contributed by atoms with E-state index in [1.54, 1.807) is 61.7 Å². The molecule has 0 unspecified atom stereocenters. The number of nitrogens with zero attached hydrogens (tertiary/aromatic N) is 2. The summed E-state index contributed by atoms with van der Waals surface area (Å²) in [4.78, 5) is 31.2. The topological polar surface area (TPSA) is 115 Å². The van der Waals surface area contributed by atoms with Gasteiger partial charge in [0.15, 0.2) is 0 Å². The normalized spacial score (nSPS) is 11.1. The van der Waals surface area contributed by atoms with Crippen LogP contribution in [0.4, 0.5) is 5.69 Å². The minimum atomic E-state index is -0.820. The molecule has 0 aliphatic heterocycles. The van der Waals surface area contributed by atoms with E-state index in [-0.39, 0.29) is 16.3 Å². The molecular formula is C23H15Cl2N4O4S+. The molecule has 3 heterocycles. The molecule has 3 aromatic heterocycles. The fraction of sp³-hybridized carbons (Fsp3) is 0.0435. The molecule has 0 amide bonds. The van der Waals surface area contributed by atoms with Crippen molar-refractivity contribution < 1.29 is 18.7 Å². The lowest BCUT2D eigenvalue weighted by Crippen LogP contribution is -2.41. The van der Waals surface area contributed by atoms with Gasteiger partial charge in [-0.1, -0.05) is 23.2 Å². The number of anilines is 1. The third-order valence-corrected chi connectivity index (χ3v) is 6.86. The van der Waals surface area contributed by atoms with Gasteiger partial charge >= 0.3 is 11.3 Å². The van der Waals surface area contributed by atoms with Crippen molar-refractivity contribution in [3.8, 4) is 22.7 Å². The molecule has 11 heteroatoms. The predicted molar refractivity (Wildman–Crippen MR) is 130 cm³/mol. The van der Waals surface area contributed by atoms with Crippen LogP contribution in [-0.4, -0.2) is 23.1 Å². The molecule has 5 rings (SSSR count). The molecule has 0 aliphatic carbocycles. The first-order valence-corrected chi connectivity index (χ1v) is 11.4. The molecule has 0 aliphatic rings. The van der Waals surface area contributed by atoms with Gasteiger partial charge in [0.25, 0.3) is 5.78 Å². The van der Waals surface area contributed by atoms with Crippen LogP contribution in [0.3, 0.4) is 0 Å². The van der Waals surface area contributed by atoms with Gasteiger partial charge in [0, 0.05) is 28.1 Å². The molecule has 0 radical (unpaired) electrons. The number of hydrogen-bond acceptors (Lipinski definition) is 7. The summed E-state index contributed by atoms with van der Waals surface area (Å²) in [6.45, 7) is 0. The highest BCUT2D eigenvalue weighted by Gasteiger charge is 2.34. The van der Waals surface area contributed by atoms with Gasteiger partial charge in [0.1, 0.15) is 15.5 Å². The van der Waals surface area contributed by atoms with Gasteiger partial charge in [0.05, 0.1) is 23.5 Å². The highest BCUT2D eigenvalue weighted by Crippen LogP contribution is 2.36. The molecule has 0 bridgehead atoms. The quantitative estimate of drug-likeness (QED) is 0.261. The number of ether oxygens (including phenoxy) is 1. The van der Waals surface area contributed by atoms with Gasteiger partial charge in [0.2, 0.25) is 5.69 Å². The van der Waals surface area contributed by atoms with Gasteiger partial charge < -0.3 is 10.5 Å². The van der Waals surface area contributed by atoms with E-state index in [4.69, 9.17) is 38.2 Å². The number of fused-ring (bicyclic) bond motifs is 1. The highest BCUT2D eigenvalue weighted by molar-refractivity contribution is 7.21. The predicted octanol–water partition coefficient (Wildman–Crippen LogP) is 4.65. The lowest BCUT2D eigenvalue weighted by Gasteiger charge is -2.04. The van der Waals surface area contributed by atoms with Crippen LogP contribution in [0.1, 0.15) is 15.4 Å². The molecule has 5 aromatic rings. The first-order chi connectivity index (χ1) is 16.4. The SMILES string of the molecule is COc1ccc(-[n+]2[nH]oc(=O)c2C(=O)c2sc3nc(-c4ccc(Cl)cc4Cl)ccc3c2N)cc1. The van der Waals surface area contributed by atoms with Crippen molar-refractivity contribution in [1.82, 2.24) is 10.3 Å². The Morgan fingerprint density at radius 3 is 2.62 bits per heavy atom. The number of H-pyrrole nitrogens is 1. The van der Waals surface area contributed by atoms with Crippen LogP contribution < -0.4 is 20.8 Å². The number of nitrogens with one attached hydrogen (secondary N) is 1. The fourth-order valence-electron chi connectivity index (χ4n) is 3.50. The molecule has 8 nitrogen and oxygen atoms in total. The molecular weight excluding hydrogens is 499 g/mol. The number of rotatable bonds is 5. The van der Waals surface area contributed by atoms with E-state index >= 15 is 0 Å². The van der Waals surface area contributed by atoms with E-state index in [1.807, 2.05) is 0 Å². The van der Waals surface area contributed by atoms with E-state index in [2.05, 4.69) is 10.3 Å². The van der Waals surface area contributed by atoms with Crippen molar-refractivity contribution in [2.45, 2.75) is 0 Å². The van der Waals surface area contributed by atoms with Gasteiger partial charge in [-0.2, -0.15) is 0 Å². The molecule has 170 valence electrons. The minimum Gasteiger partial charge on any atom is -0.497 e. The number of carbonyl (C=O) groups is 1. The average Bonchev–Trinajstić information content (AvgIpc) is 3.38. The molecule has 34 heavy (non-hydrogen) atoms. The Balaban J connectivity index is 1.59. The summed E-state index contributed by atoms with van der Waals surface area (Å²) in [7, 11) is 1.54. The van der Waals surface area contributed by atoms with Crippen molar-refractivity contribution in [2.75, 3.05) is 12.8 Å². The number of nitrogens with two attached hydrogens (primary N) is 1. The minimum absolute atomic E-state index is 0.177. The Morgan fingerprint density at radius 2 is 1.91 bits per heavy atom. The number of methoxy groups -OCH3 is 1. The second-order valence-electron chi connectivity index (χ2n) is 7.21. The van der Waals surface area contributed by atoms with Crippen molar-refractivity contribution >= 4 is 56.2 Å². The first-order valence-electron chi connectivity index (χ1n) is 9.84. The van der Waals surface area contributed by atoms with Gasteiger partial charge in [-0.25, -0.2) is 9.78 Å². The van der Waals surface area contributed by atoms with Crippen LogP contribution in [0.2, 0.25) is 10.0 Å². The van der Waals surface area contributed by atoms with Crippen LogP contribution in [0.5, 0.6) is 5.75 Å². The van der Waals surface area contributed by atoms with Crippen LogP contribution in [0, 0.1) is 0 Å². The summed E-state index contributed by atoms with van der Waals surface area (Å²) < 4.78 is 11.3. The van der Waals surface area contributed by atoms with Crippen LogP contribution in [-0.2, 0) is 0 Å². The molecule has 0 spiro atoms.